The molecular formula is C22H18N4O7. The van der Waals surface area contributed by atoms with Crippen molar-refractivity contribution in [3.63, 3.8) is 0 Å². The van der Waals surface area contributed by atoms with Crippen molar-refractivity contribution in [2.45, 2.75) is 5.92 Å². The first-order chi connectivity index (χ1) is 15.6. The smallest absolute Gasteiger partial charge is 0.344 e. The Hall–Kier alpha value is -4.67. The SMILES string of the molecule is Cn1c(N)c(C(c2ccccc2[N+](=O)[O-])c2c(O)c3ccccc3oc2=O)c(=O)n(C)c1=O. The van der Waals surface area contributed by atoms with Gasteiger partial charge >= 0.3 is 11.3 Å². The lowest BCUT2D eigenvalue weighted by Crippen LogP contribution is -2.41. The topological polar surface area (TPSA) is 164 Å². The van der Waals surface area contributed by atoms with Gasteiger partial charge in [-0.1, -0.05) is 30.3 Å². The van der Waals surface area contributed by atoms with Crippen LogP contribution in [0.5, 0.6) is 5.75 Å². The Balaban J connectivity index is 2.24. The highest BCUT2D eigenvalue weighted by Crippen LogP contribution is 2.41. The predicted molar refractivity (Wildman–Crippen MR) is 120 cm³/mol. The maximum Gasteiger partial charge on any atom is 0.344 e. The molecule has 0 radical (unpaired) electrons. The van der Waals surface area contributed by atoms with Crippen molar-refractivity contribution < 1.29 is 14.4 Å². The number of nitro groups is 1. The van der Waals surface area contributed by atoms with Crippen molar-refractivity contribution in [3.05, 3.63) is 107 Å². The summed E-state index contributed by atoms with van der Waals surface area (Å²) in [6.07, 6.45) is 0. The molecule has 2 aromatic carbocycles. The van der Waals surface area contributed by atoms with Crippen LogP contribution in [-0.4, -0.2) is 19.2 Å². The Morgan fingerprint density at radius 3 is 2.33 bits per heavy atom. The Bertz CT molecular complexity index is 1610. The highest BCUT2D eigenvalue weighted by atomic mass is 16.6. The lowest BCUT2D eigenvalue weighted by Gasteiger charge is -2.21. The van der Waals surface area contributed by atoms with E-state index >= 15 is 0 Å². The average Bonchev–Trinajstić information content (AvgIpc) is 2.80. The number of para-hydroxylation sites is 2. The van der Waals surface area contributed by atoms with Crippen LogP contribution in [0.2, 0.25) is 0 Å². The van der Waals surface area contributed by atoms with Gasteiger partial charge in [-0.05, 0) is 12.1 Å². The predicted octanol–water partition coefficient (Wildman–Crippen LogP) is 1.57. The molecule has 0 saturated heterocycles. The third-order valence-corrected chi connectivity index (χ3v) is 5.59. The number of nitrogen functional groups attached to an aromatic ring is 1. The van der Waals surface area contributed by atoms with Crippen molar-refractivity contribution in [2.24, 2.45) is 14.1 Å². The van der Waals surface area contributed by atoms with Crippen LogP contribution in [0.1, 0.15) is 22.6 Å². The van der Waals surface area contributed by atoms with E-state index in [9.17, 15) is 29.6 Å². The van der Waals surface area contributed by atoms with Gasteiger partial charge in [-0.2, -0.15) is 0 Å². The van der Waals surface area contributed by atoms with E-state index in [4.69, 9.17) is 10.2 Å². The fourth-order valence-electron chi connectivity index (χ4n) is 3.91. The van der Waals surface area contributed by atoms with Gasteiger partial charge < -0.3 is 15.3 Å². The Morgan fingerprint density at radius 1 is 1.00 bits per heavy atom. The monoisotopic (exact) mass is 450 g/mol. The largest absolute Gasteiger partial charge is 0.507 e. The van der Waals surface area contributed by atoms with Crippen LogP contribution in [0.25, 0.3) is 11.0 Å². The summed E-state index contributed by atoms with van der Waals surface area (Å²) in [5, 5.41) is 23.0. The van der Waals surface area contributed by atoms with Crippen molar-refractivity contribution in [3.8, 4) is 5.75 Å². The molecule has 0 saturated carbocycles. The maximum absolute atomic E-state index is 13.2. The minimum atomic E-state index is -1.50. The summed E-state index contributed by atoms with van der Waals surface area (Å²) in [7, 11) is 2.53. The van der Waals surface area contributed by atoms with Crippen LogP contribution >= 0.6 is 0 Å². The molecule has 33 heavy (non-hydrogen) atoms. The van der Waals surface area contributed by atoms with E-state index in [1.54, 1.807) is 12.1 Å². The zero-order valence-corrected chi connectivity index (χ0v) is 17.5. The fourth-order valence-corrected chi connectivity index (χ4v) is 3.91. The summed E-state index contributed by atoms with van der Waals surface area (Å²) in [5.41, 5.74) is 2.43. The van der Waals surface area contributed by atoms with Gasteiger partial charge in [0, 0.05) is 25.7 Å². The molecule has 4 aromatic rings. The zero-order chi connectivity index (χ0) is 24.0. The zero-order valence-electron chi connectivity index (χ0n) is 17.5. The number of benzene rings is 2. The van der Waals surface area contributed by atoms with E-state index in [1.165, 1.54) is 50.5 Å². The average molecular weight is 450 g/mol. The minimum Gasteiger partial charge on any atom is -0.507 e. The van der Waals surface area contributed by atoms with Gasteiger partial charge in [-0.3, -0.25) is 24.0 Å². The molecule has 0 amide bonds. The van der Waals surface area contributed by atoms with E-state index in [0.29, 0.717) is 0 Å². The second-order valence-electron chi connectivity index (χ2n) is 7.40. The van der Waals surface area contributed by atoms with Gasteiger partial charge in [0.1, 0.15) is 17.2 Å². The number of hydrogen-bond donors (Lipinski definition) is 2. The van der Waals surface area contributed by atoms with Crippen molar-refractivity contribution >= 4 is 22.5 Å². The van der Waals surface area contributed by atoms with Crippen molar-refractivity contribution in [1.82, 2.24) is 9.13 Å². The summed E-state index contributed by atoms with van der Waals surface area (Å²) in [6.45, 7) is 0. The minimum absolute atomic E-state index is 0.0807. The van der Waals surface area contributed by atoms with E-state index in [1.807, 2.05) is 0 Å². The number of hydrogen-bond acceptors (Lipinski definition) is 8. The van der Waals surface area contributed by atoms with E-state index in [2.05, 4.69) is 0 Å². The Morgan fingerprint density at radius 2 is 1.64 bits per heavy atom. The van der Waals surface area contributed by atoms with E-state index < -0.39 is 44.7 Å². The molecule has 1 unspecified atom stereocenters. The van der Waals surface area contributed by atoms with Gasteiger partial charge in [-0.15, -0.1) is 0 Å². The number of nitrogens with zero attached hydrogens (tertiary/aromatic N) is 3. The highest BCUT2D eigenvalue weighted by Gasteiger charge is 2.35. The molecule has 168 valence electrons. The molecule has 0 aliphatic carbocycles. The van der Waals surface area contributed by atoms with Crippen LogP contribution in [-0.2, 0) is 14.1 Å². The standard InChI is InChI=1S/C22H18N4O7/c1-24-19(23)17(20(28)25(2)22(24)30)15(11-7-3-5-9-13(11)26(31)32)16-18(27)12-8-4-6-10-14(12)33-21(16)29/h3-10,15,27H,23H2,1-2H3. The number of anilines is 1. The van der Waals surface area contributed by atoms with Crippen LogP contribution in [0.4, 0.5) is 11.5 Å². The van der Waals surface area contributed by atoms with Crippen molar-refractivity contribution in [2.75, 3.05) is 5.73 Å². The molecule has 2 heterocycles. The third-order valence-electron chi connectivity index (χ3n) is 5.59. The molecule has 2 aromatic heterocycles. The van der Waals surface area contributed by atoms with Gasteiger partial charge in [0.2, 0.25) is 0 Å². The summed E-state index contributed by atoms with van der Waals surface area (Å²) in [4.78, 5) is 49.7. The van der Waals surface area contributed by atoms with Crippen LogP contribution < -0.4 is 22.6 Å². The normalized spacial score (nSPS) is 12.1. The molecule has 0 aliphatic rings. The second-order valence-corrected chi connectivity index (χ2v) is 7.40. The van der Waals surface area contributed by atoms with Crippen molar-refractivity contribution in [1.29, 1.82) is 0 Å². The van der Waals surface area contributed by atoms with E-state index in [0.717, 1.165) is 9.13 Å². The first-order valence-electron chi connectivity index (χ1n) is 9.68. The molecule has 3 N–H and O–H groups in total. The van der Waals surface area contributed by atoms with Gasteiger partial charge in [0.25, 0.3) is 11.2 Å². The number of rotatable bonds is 4. The lowest BCUT2D eigenvalue weighted by molar-refractivity contribution is -0.385. The van der Waals surface area contributed by atoms with Crippen LogP contribution in [0.3, 0.4) is 0 Å². The molecule has 0 spiro atoms. The summed E-state index contributed by atoms with van der Waals surface area (Å²) in [5.74, 6) is -2.32. The molecule has 1 atom stereocenters. The molecule has 0 fully saturated rings. The molecule has 11 nitrogen and oxygen atoms in total. The molecule has 0 bridgehead atoms. The van der Waals surface area contributed by atoms with Gasteiger partial charge in [0.05, 0.1) is 27.4 Å². The second kappa shape index (κ2) is 7.79. The highest BCUT2D eigenvalue weighted by molar-refractivity contribution is 5.85. The fraction of sp³-hybridized carbons (Fsp3) is 0.136. The summed E-state index contributed by atoms with van der Waals surface area (Å²) < 4.78 is 7.11. The Kier molecular flexibility index (Phi) is 5.09. The lowest BCUT2D eigenvalue weighted by atomic mass is 9.84. The summed E-state index contributed by atoms with van der Waals surface area (Å²) >= 11 is 0. The number of aromatic nitrogens is 2. The molecule has 0 aliphatic heterocycles. The maximum atomic E-state index is 13.2. The Labute approximate surface area is 184 Å². The number of aromatic hydroxyl groups is 1. The van der Waals surface area contributed by atoms with Crippen LogP contribution in [0, 0.1) is 10.1 Å². The quantitative estimate of drug-likeness (QED) is 0.269. The van der Waals surface area contributed by atoms with Gasteiger partial charge in [-0.25, -0.2) is 9.59 Å². The van der Waals surface area contributed by atoms with E-state index in [-0.39, 0.29) is 27.9 Å². The number of fused-ring (bicyclic) bond motifs is 1. The number of nitro benzene ring substituents is 1. The third kappa shape index (κ3) is 3.26. The summed E-state index contributed by atoms with van der Waals surface area (Å²) in [6, 6.07) is 11.6. The molecular weight excluding hydrogens is 432 g/mol. The molecule has 11 heteroatoms. The molecule has 4 rings (SSSR count). The first kappa shape index (κ1) is 21.6. The van der Waals surface area contributed by atoms with Gasteiger partial charge in [0.15, 0.2) is 0 Å². The van der Waals surface area contributed by atoms with Crippen LogP contribution in [0.15, 0.2) is 67.3 Å². The first-order valence-corrected chi connectivity index (χ1v) is 9.68. The number of nitrogens with two attached hydrogens (primary N) is 1.